The molecule has 3 rings (SSSR count). The highest BCUT2D eigenvalue weighted by atomic mass is 16.6. The minimum Gasteiger partial charge on any atom is -0.267 e. The molecule has 21 heavy (non-hydrogen) atoms. The molecule has 8 nitrogen and oxygen atoms in total. The van der Waals surface area contributed by atoms with E-state index in [4.69, 9.17) is 0 Å². The van der Waals surface area contributed by atoms with E-state index in [1.54, 1.807) is 24.3 Å². The van der Waals surface area contributed by atoms with Gasteiger partial charge in [0.15, 0.2) is 0 Å². The van der Waals surface area contributed by atoms with E-state index < -0.39 is 4.92 Å². The van der Waals surface area contributed by atoms with Crippen molar-refractivity contribution in [2.45, 2.75) is 0 Å². The molecule has 0 aliphatic rings. The number of benzene rings is 1. The molecule has 0 unspecified atom stereocenters. The van der Waals surface area contributed by atoms with E-state index in [9.17, 15) is 14.9 Å². The smallest absolute Gasteiger partial charge is 0.267 e. The van der Waals surface area contributed by atoms with Gasteiger partial charge in [-0.25, -0.2) is 9.36 Å². The average molecular weight is 283 g/mol. The monoisotopic (exact) mass is 283 g/mol. The lowest BCUT2D eigenvalue weighted by atomic mass is 10.2. The molecule has 0 aliphatic carbocycles. The van der Waals surface area contributed by atoms with E-state index in [0.717, 1.165) is 10.9 Å². The SMILES string of the molecule is O=C(c1ccccc1)n1cc(-n2cc([N+](=O)[O-])cn2)cn1. The van der Waals surface area contributed by atoms with E-state index in [1.807, 2.05) is 6.07 Å². The van der Waals surface area contributed by atoms with E-state index in [1.165, 1.54) is 23.3 Å². The Bertz CT molecular complexity index is 806. The highest BCUT2D eigenvalue weighted by Gasteiger charge is 2.13. The Kier molecular flexibility index (Phi) is 3.03. The van der Waals surface area contributed by atoms with Gasteiger partial charge in [0.2, 0.25) is 0 Å². The Morgan fingerprint density at radius 2 is 1.86 bits per heavy atom. The quantitative estimate of drug-likeness (QED) is 0.538. The Morgan fingerprint density at radius 3 is 2.52 bits per heavy atom. The van der Waals surface area contributed by atoms with Crippen molar-refractivity contribution in [3.8, 4) is 5.69 Å². The fourth-order valence-corrected chi connectivity index (χ4v) is 1.80. The maximum absolute atomic E-state index is 12.2. The van der Waals surface area contributed by atoms with Crippen molar-refractivity contribution in [2.24, 2.45) is 0 Å². The molecule has 1 aromatic carbocycles. The first-order valence-electron chi connectivity index (χ1n) is 5.99. The van der Waals surface area contributed by atoms with Gasteiger partial charge in [-0.3, -0.25) is 14.9 Å². The maximum Gasteiger partial charge on any atom is 0.307 e. The molecule has 104 valence electrons. The van der Waals surface area contributed by atoms with Crippen LogP contribution in [0.5, 0.6) is 0 Å². The van der Waals surface area contributed by atoms with Crippen LogP contribution in [-0.4, -0.2) is 30.4 Å². The number of carbonyl (C=O) groups is 1. The first-order chi connectivity index (χ1) is 10.1. The molecule has 0 atom stereocenters. The van der Waals surface area contributed by atoms with E-state index in [0.29, 0.717) is 11.3 Å². The molecule has 0 radical (unpaired) electrons. The summed E-state index contributed by atoms with van der Waals surface area (Å²) in [7, 11) is 0. The fraction of sp³-hybridized carbons (Fsp3) is 0. The summed E-state index contributed by atoms with van der Waals surface area (Å²) in [6.45, 7) is 0. The predicted octanol–water partition coefficient (Wildman–Crippen LogP) is 1.67. The van der Waals surface area contributed by atoms with Gasteiger partial charge in [-0.1, -0.05) is 18.2 Å². The molecule has 2 heterocycles. The Labute approximate surface area is 118 Å². The van der Waals surface area contributed by atoms with E-state index >= 15 is 0 Å². The third kappa shape index (κ3) is 2.41. The first kappa shape index (κ1) is 12.7. The van der Waals surface area contributed by atoms with Crippen LogP contribution in [0.15, 0.2) is 55.1 Å². The minimum atomic E-state index is -0.539. The normalized spacial score (nSPS) is 10.5. The molecule has 0 saturated heterocycles. The third-order valence-corrected chi connectivity index (χ3v) is 2.84. The molecule has 2 aromatic heterocycles. The zero-order valence-corrected chi connectivity index (χ0v) is 10.7. The lowest BCUT2D eigenvalue weighted by Gasteiger charge is -1.99. The fourth-order valence-electron chi connectivity index (χ4n) is 1.80. The Morgan fingerprint density at radius 1 is 1.10 bits per heavy atom. The topological polar surface area (TPSA) is 95.8 Å². The van der Waals surface area contributed by atoms with Gasteiger partial charge in [0.05, 0.1) is 17.3 Å². The highest BCUT2D eigenvalue weighted by molar-refractivity contribution is 5.95. The summed E-state index contributed by atoms with van der Waals surface area (Å²) in [5.74, 6) is -0.288. The van der Waals surface area contributed by atoms with Crippen molar-refractivity contribution >= 4 is 11.6 Å². The van der Waals surface area contributed by atoms with Crippen molar-refractivity contribution in [3.05, 3.63) is 70.8 Å². The van der Waals surface area contributed by atoms with Crippen LogP contribution in [-0.2, 0) is 0 Å². The number of nitro groups is 1. The lowest BCUT2D eigenvalue weighted by molar-refractivity contribution is -0.384. The van der Waals surface area contributed by atoms with Gasteiger partial charge in [0.25, 0.3) is 5.91 Å². The summed E-state index contributed by atoms with van der Waals surface area (Å²) in [4.78, 5) is 22.2. The summed E-state index contributed by atoms with van der Waals surface area (Å²) in [5, 5.41) is 18.4. The Balaban J connectivity index is 1.89. The number of hydrogen-bond donors (Lipinski definition) is 0. The van der Waals surface area contributed by atoms with Crippen LogP contribution in [0.4, 0.5) is 5.69 Å². The standard InChI is InChI=1S/C13H9N5O3/c19-13(10-4-2-1-3-5-10)17-8-11(6-15-17)16-9-12(7-14-16)18(20)21/h1-9H. The van der Waals surface area contributed by atoms with Crippen LogP contribution in [0.2, 0.25) is 0 Å². The van der Waals surface area contributed by atoms with Gasteiger partial charge in [-0.05, 0) is 12.1 Å². The second kappa shape index (κ2) is 5.00. The van der Waals surface area contributed by atoms with Crippen molar-refractivity contribution in [2.75, 3.05) is 0 Å². The van der Waals surface area contributed by atoms with E-state index in [-0.39, 0.29) is 11.6 Å². The molecular formula is C13H9N5O3. The Hall–Kier alpha value is -3.29. The zero-order valence-electron chi connectivity index (χ0n) is 10.7. The van der Waals surface area contributed by atoms with Crippen LogP contribution < -0.4 is 0 Å². The first-order valence-corrected chi connectivity index (χ1v) is 5.99. The summed E-state index contributed by atoms with van der Waals surface area (Å²) < 4.78 is 2.46. The molecule has 0 saturated carbocycles. The highest BCUT2D eigenvalue weighted by Crippen LogP contribution is 2.13. The predicted molar refractivity (Wildman–Crippen MR) is 72.2 cm³/mol. The molecule has 0 aliphatic heterocycles. The zero-order chi connectivity index (χ0) is 14.8. The van der Waals surface area contributed by atoms with Gasteiger partial charge in [0, 0.05) is 5.56 Å². The third-order valence-electron chi connectivity index (χ3n) is 2.84. The summed E-state index contributed by atoms with van der Waals surface area (Å²) in [6.07, 6.45) is 5.27. The van der Waals surface area contributed by atoms with Crippen molar-refractivity contribution < 1.29 is 9.72 Å². The van der Waals surface area contributed by atoms with Gasteiger partial charge >= 0.3 is 5.69 Å². The number of aromatic nitrogens is 4. The van der Waals surface area contributed by atoms with Crippen LogP contribution in [0, 0.1) is 10.1 Å². The van der Waals surface area contributed by atoms with Crippen molar-refractivity contribution in [1.29, 1.82) is 0 Å². The molecule has 3 aromatic rings. The molecule has 0 amide bonds. The van der Waals surface area contributed by atoms with Gasteiger partial charge in [0.1, 0.15) is 18.1 Å². The van der Waals surface area contributed by atoms with Crippen molar-refractivity contribution in [1.82, 2.24) is 19.6 Å². The molecule has 0 bridgehead atoms. The van der Waals surface area contributed by atoms with Crippen LogP contribution >= 0.6 is 0 Å². The number of hydrogen-bond acceptors (Lipinski definition) is 5. The largest absolute Gasteiger partial charge is 0.307 e. The molecule has 8 heteroatoms. The number of carbonyl (C=O) groups excluding carboxylic acids is 1. The number of rotatable bonds is 3. The van der Waals surface area contributed by atoms with Gasteiger partial charge in [-0.15, -0.1) is 0 Å². The lowest BCUT2D eigenvalue weighted by Crippen LogP contribution is -2.12. The van der Waals surface area contributed by atoms with Gasteiger partial charge < -0.3 is 0 Å². The summed E-state index contributed by atoms with van der Waals surface area (Å²) in [6, 6.07) is 8.70. The minimum absolute atomic E-state index is 0.128. The van der Waals surface area contributed by atoms with Gasteiger partial charge in [-0.2, -0.15) is 10.2 Å². The molecular weight excluding hydrogens is 274 g/mol. The maximum atomic E-state index is 12.2. The summed E-state index contributed by atoms with van der Waals surface area (Å²) >= 11 is 0. The van der Waals surface area contributed by atoms with Crippen LogP contribution in [0.25, 0.3) is 5.69 Å². The second-order valence-corrected chi connectivity index (χ2v) is 4.21. The van der Waals surface area contributed by atoms with Crippen LogP contribution in [0.1, 0.15) is 10.4 Å². The second-order valence-electron chi connectivity index (χ2n) is 4.21. The summed E-state index contributed by atoms with van der Waals surface area (Å²) in [5.41, 5.74) is 0.836. The van der Waals surface area contributed by atoms with Crippen LogP contribution in [0.3, 0.4) is 0 Å². The average Bonchev–Trinajstić information content (AvgIpc) is 3.16. The number of nitrogens with zero attached hydrogens (tertiary/aromatic N) is 5. The molecule has 0 N–H and O–H groups in total. The van der Waals surface area contributed by atoms with Crippen molar-refractivity contribution in [3.63, 3.8) is 0 Å². The van der Waals surface area contributed by atoms with E-state index in [2.05, 4.69) is 10.2 Å². The molecule has 0 fully saturated rings. The molecule has 0 spiro atoms.